The maximum atomic E-state index is 12.7. The van der Waals surface area contributed by atoms with Crippen LogP contribution in [-0.2, 0) is 4.79 Å². The highest BCUT2D eigenvalue weighted by atomic mass is 16.2. The predicted octanol–water partition coefficient (Wildman–Crippen LogP) is 5.11. The molecule has 3 amide bonds. The second kappa shape index (κ2) is 9.69. The number of carbonyl (C=O) groups excluding carboxylic acids is 3. The van der Waals surface area contributed by atoms with Crippen molar-refractivity contribution in [2.45, 2.75) is 51.4 Å². The lowest BCUT2D eigenvalue weighted by Gasteiger charge is -2.21. The lowest BCUT2D eigenvalue weighted by Crippen LogP contribution is -2.30. The third-order valence-corrected chi connectivity index (χ3v) is 6.08. The van der Waals surface area contributed by atoms with Crippen LogP contribution in [0.15, 0.2) is 54.5 Å². The lowest BCUT2D eigenvalue weighted by atomic mass is 9.85. The number of aromatic nitrogens is 1. The van der Waals surface area contributed by atoms with Gasteiger partial charge in [0.25, 0.3) is 5.91 Å². The van der Waals surface area contributed by atoms with Gasteiger partial charge in [0.05, 0.1) is 5.69 Å². The lowest BCUT2D eigenvalue weighted by molar-refractivity contribution is -0.113. The van der Waals surface area contributed by atoms with Crippen LogP contribution in [0, 0.1) is 5.92 Å². The van der Waals surface area contributed by atoms with Gasteiger partial charge >= 0.3 is 6.03 Å². The third kappa shape index (κ3) is 5.08. The van der Waals surface area contributed by atoms with Gasteiger partial charge < -0.3 is 5.32 Å². The smallest absolute Gasteiger partial charge is 0.302 e. The summed E-state index contributed by atoms with van der Waals surface area (Å²) in [6.45, 7) is 0. The van der Waals surface area contributed by atoms with Crippen molar-refractivity contribution >= 4 is 29.5 Å². The van der Waals surface area contributed by atoms with Crippen molar-refractivity contribution in [3.8, 4) is 0 Å². The van der Waals surface area contributed by atoms with Crippen molar-refractivity contribution in [3.63, 3.8) is 0 Å². The zero-order chi connectivity index (χ0) is 21.6. The molecule has 2 fully saturated rings. The van der Waals surface area contributed by atoms with Gasteiger partial charge in [-0.15, -0.1) is 0 Å². The summed E-state index contributed by atoms with van der Waals surface area (Å²) in [6.07, 6.45) is 14.0. The van der Waals surface area contributed by atoms with E-state index in [1.165, 1.54) is 32.1 Å². The summed E-state index contributed by atoms with van der Waals surface area (Å²) in [5.41, 5.74) is 2.04. The highest BCUT2D eigenvalue weighted by molar-refractivity contribution is 6.28. The normalized spacial score (nSPS) is 18.5. The van der Waals surface area contributed by atoms with Crippen LogP contribution in [0.1, 0.15) is 67.3 Å². The SMILES string of the molecule is O=C(CCCC1CCCCC1)c1ccc(N2C(=O)NC(=Cc3ccncc3)C2=O)cc1. The molecule has 0 atom stereocenters. The Morgan fingerprint density at radius 1 is 1.03 bits per heavy atom. The van der Waals surface area contributed by atoms with Gasteiger partial charge in [-0.1, -0.05) is 38.5 Å². The Bertz CT molecular complexity index is 977. The first kappa shape index (κ1) is 21.0. The zero-order valence-electron chi connectivity index (χ0n) is 17.5. The monoisotopic (exact) mass is 417 g/mol. The number of Topliss-reactive ketones (excluding diaryl/α,β-unsaturated/α-hetero) is 1. The number of nitrogens with one attached hydrogen (secondary N) is 1. The molecule has 1 aliphatic carbocycles. The molecule has 0 radical (unpaired) electrons. The van der Waals surface area contributed by atoms with Gasteiger partial charge in [-0.3, -0.25) is 14.6 Å². The molecule has 1 N–H and O–H groups in total. The number of hydrogen-bond acceptors (Lipinski definition) is 4. The Morgan fingerprint density at radius 3 is 2.45 bits per heavy atom. The molecule has 0 unspecified atom stereocenters. The largest absolute Gasteiger partial charge is 0.333 e. The third-order valence-electron chi connectivity index (χ3n) is 6.08. The number of carbonyl (C=O) groups is 3. The van der Waals surface area contributed by atoms with Gasteiger partial charge in [0, 0.05) is 24.4 Å². The molecule has 160 valence electrons. The predicted molar refractivity (Wildman–Crippen MR) is 119 cm³/mol. The molecule has 6 heteroatoms. The summed E-state index contributed by atoms with van der Waals surface area (Å²) in [7, 11) is 0. The van der Waals surface area contributed by atoms with Crippen LogP contribution in [-0.4, -0.2) is 22.7 Å². The summed E-state index contributed by atoms with van der Waals surface area (Å²) < 4.78 is 0. The van der Waals surface area contributed by atoms with Gasteiger partial charge in [0.15, 0.2) is 5.78 Å². The van der Waals surface area contributed by atoms with Crippen molar-refractivity contribution in [1.29, 1.82) is 0 Å². The van der Waals surface area contributed by atoms with E-state index in [1.807, 2.05) is 0 Å². The molecular weight excluding hydrogens is 390 g/mol. The Morgan fingerprint density at radius 2 is 1.74 bits per heavy atom. The first-order chi connectivity index (χ1) is 15.1. The van der Waals surface area contributed by atoms with E-state index in [4.69, 9.17) is 0 Å². The first-order valence-electron chi connectivity index (χ1n) is 11.0. The molecule has 0 spiro atoms. The van der Waals surface area contributed by atoms with Gasteiger partial charge in [-0.25, -0.2) is 9.69 Å². The van der Waals surface area contributed by atoms with Crippen LogP contribution >= 0.6 is 0 Å². The van der Waals surface area contributed by atoms with Crippen molar-refractivity contribution < 1.29 is 14.4 Å². The van der Waals surface area contributed by atoms with E-state index in [0.717, 1.165) is 29.2 Å². The maximum absolute atomic E-state index is 12.7. The summed E-state index contributed by atoms with van der Waals surface area (Å²) >= 11 is 0. The number of urea groups is 1. The van der Waals surface area contributed by atoms with Crippen molar-refractivity contribution in [2.75, 3.05) is 4.90 Å². The van der Waals surface area contributed by atoms with Crippen LogP contribution in [0.5, 0.6) is 0 Å². The van der Waals surface area contributed by atoms with Crippen LogP contribution in [0.3, 0.4) is 0 Å². The fourth-order valence-corrected chi connectivity index (χ4v) is 4.36. The first-order valence-corrected chi connectivity index (χ1v) is 11.0. The fraction of sp³-hybridized carbons (Fsp3) is 0.360. The van der Waals surface area contributed by atoms with Crippen molar-refractivity contribution in [3.05, 3.63) is 65.6 Å². The topological polar surface area (TPSA) is 79.4 Å². The fourth-order valence-electron chi connectivity index (χ4n) is 4.36. The van der Waals surface area contributed by atoms with Gasteiger partial charge in [-0.2, -0.15) is 0 Å². The number of ketones is 1. The summed E-state index contributed by atoms with van der Waals surface area (Å²) in [4.78, 5) is 42.7. The molecule has 1 aromatic heterocycles. The molecule has 6 nitrogen and oxygen atoms in total. The second-order valence-corrected chi connectivity index (χ2v) is 8.28. The number of amides is 3. The number of rotatable bonds is 7. The number of hydrogen-bond donors (Lipinski definition) is 1. The molecule has 2 heterocycles. The Labute approximate surface area is 182 Å². The molecule has 2 aliphatic rings. The Balaban J connectivity index is 1.37. The van der Waals surface area contributed by atoms with Crippen LogP contribution < -0.4 is 10.2 Å². The molecule has 1 saturated heterocycles. The van der Waals surface area contributed by atoms with Crippen LogP contribution in [0.2, 0.25) is 0 Å². The summed E-state index contributed by atoms with van der Waals surface area (Å²) in [5.74, 6) is 0.462. The molecule has 2 aromatic rings. The van der Waals surface area contributed by atoms with E-state index in [2.05, 4.69) is 10.3 Å². The second-order valence-electron chi connectivity index (χ2n) is 8.28. The minimum atomic E-state index is -0.503. The van der Waals surface area contributed by atoms with E-state index >= 15 is 0 Å². The number of anilines is 1. The van der Waals surface area contributed by atoms with Gasteiger partial charge in [0.2, 0.25) is 0 Å². The number of imide groups is 1. The van der Waals surface area contributed by atoms with Crippen molar-refractivity contribution in [2.24, 2.45) is 5.92 Å². The molecule has 4 rings (SSSR count). The Hall–Kier alpha value is -3.28. The van der Waals surface area contributed by atoms with E-state index < -0.39 is 11.9 Å². The number of pyridine rings is 1. The number of nitrogens with zero attached hydrogens (tertiary/aromatic N) is 2. The maximum Gasteiger partial charge on any atom is 0.333 e. The molecule has 31 heavy (non-hydrogen) atoms. The highest BCUT2D eigenvalue weighted by Gasteiger charge is 2.34. The number of benzene rings is 1. The quantitative estimate of drug-likeness (QED) is 0.386. The standard InChI is InChI=1S/C25H27N3O3/c29-23(8-4-7-18-5-2-1-3-6-18)20-9-11-21(12-10-20)28-24(30)22(27-25(28)31)17-19-13-15-26-16-14-19/h9-18H,1-8H2,(H,27,31). The van der Waals surface area contributed by atoms with E-state index in [1.54, 1.807) is 54.9 Å². The van der Waals surface area contributed by atoms with E-state index in [-0.39, 0.29) is 11.5 Å². The van der Waals surface area contributed by atoms with E-state index in [0.29, 0.717) is 17.7 Å². The molecule has 1 saturated carbocycles. The van der Waals surface area contributed by atoms with Crippen LogP contribution in [0.25, 0.3) is 6.08 Å². The van der Waals surface area contributed by atoms with E-state index in [9.17, 15) is 14.4 Å². The minimum Gasteiger partial charge on any atom is -0.302 e. The summed E-state index contributed by atoms with van der Waals surface area (Å²) in [5, 5.41) is 2.61. The average molecular weight is 418 g/mol. The molecule has 1 aromatic carbocycles. The van der Waals surface area contributed by atoms with Gasteiger partial charge in [0.1, 0.15) is 5.70 Å². The van der Waals surface area contributed by atoms with Crippen molar-refractivity contribution in [1.82, 2.24) is 10.3 Å². The van der Waals surface area contributed by atoms with Crippen LogP contribution in [0.4, 0.5) is 10.5 Å². The molecule has 1 aliphatic heterocycles. The van der Waals surface area contributed by atoms with Gasteiger partial charge in [-0.05, 0) is 60.4 Å². The molecular formula is C25H27N3O3. The average Bonchev–Trinajstić information content (AvgIpc) is 3.08. The zero-order valence-corrected chi connectivity index (χ0v) is 17.5. The summed E-state index contributed by atoms with van der Waals surface area (Å²) in [6, 6.07) is 9.71. The minimum absolute atomic E-state index is 0.109. The Kier molecular flexibility index (Phi) is 6.55. The molecule has 0 bridgehead atoms. The highest BCUT2D eigenvalue weighted by Crippen LogP contribution is 2.28.